The average molecular weight is 652 g/mol. The van der Waals surface area contributed by atoms with Crippen molar-refractivity contribution in [1.82, 2.24) is 14.7 Å². The summed E-state index contributed by atoms with van der Waals surface area (Å²) >= 11 is 12.6. The maximum absolute atomic E-state index is 14.7. The minimum absolute atomic E-state index is 0.127. The van der Waals surface area contributed by atoms with Crippen molar-refractivity contribution in [3.05, 3.63) is 99.0 Å². The van der Waals surface area contributed by atoms with E-state index in [9.17, 15) is 9.00 Å². The summed E-state index contributed by atoms with van der Waals surface area (Å²) in [7, 11) is -0.807. The van der Waals surface area contributed by atoms with Gasteiger partial charge in [-0.15, -0.1) is 6.42 Å². The molecular weight excluding hydrogens is 615 g/mol. The standard InChI is InChI=1S/C34H36Cl2N4O3S/c1-4-24-7-16-29(30(23-24)43-5-2)33-37-31(25-8-12-27(35)13-9-25)32(26-10-14-28(36)15-11-26)40(33)34(41)39-20-18-38(19-21-39)17-6-22-44(3)42/h1,7-16,23,31-32H,5-6,17-22H2,2-3H3/t31-,32+,44?/m0/s1. The lowest BCUT2D eigenvalue weighted by Gasteiger charge is -2.39. The number of carbonyl (C=O) groups is 1. The summed E-state index contributed by atoms with van der Waals surface area (Å²) < 4.78 is 17.6. The second-order valence-electron chi connectivity index (χ2n) is 10.8. The first-order valence-electron chi connectivity index (χ1n) is 14.7. The molecule has 0 aromatic heterocycles. The maximum atomic E-state index is 14.7. The number of carbonyl (C=O) groups excluding carboxylic acids is 1. The quantitative estimate of drug-likeness (QED) is 0.251. The van der Waals surface area contributed by atoms with Gasteiger partial charge in [-0.05, 0) is 73.5 Å². The van der Waals surface area contributed by atoms with Gasteiger partial charge in [0.05, 0.1) is 18.2 Å². The van der Waals surface area contributed by atoms with Gasteiger partial charge in [-0.3, -0.25) is 19.0 Å². The molecule has 230 valence electrons. The highest BCUT2D eigenvalue weighted by atomic mass is 35.5. The van der Waals surface area contributed by atoms with Gasteiger partial charge in [0.15, 0.2) is 0 Å². The third-order valence-electron chi connectivity index (χ3n) is 7.93. The Labute approximate surface area is 272 Å². The zero-order valence-electron chi connectivity index (χ0n) is 24.9. The topological polar surface area (TPSA) is 65.5 Å². The van der Waals surface area contributed by atoms with Crippen molar-refractivity contribution in [2.24, 2.45) is 4.99 Å². The van der Waals surface area contributed by atoms with E-state index in [0.29, 0.717) is 58.2 Å². The zero-order chi connectivity index (χ0) is 31.2. The molecule has 2 aliphatic rings. The van der Waals surface area contributed by atoms with Gasteiger partial charge in [0.1, 0.15) is 17.6 Å². The first kappa shape index (κ1) is 32.1. The minimum Gasteiger partial charge on any atom is -0.493 e. The predicted molar refractivity (Wildman–Crippen MR) is 179 cm³/mol. The van der Waals surface area contributed by atoms with Crippen LogP contribution in [0.4, 0.5) is 4.79 Å². The molecule has 0 bridgehead atoms. The number of rotatable bonds is 9. The Hall–Kier alpha value is -3.35. The van der Waals surface area contributed by atoms with Gasteiger partial charge in [-0.2, -0.15) is 0 Å². The minimum atomic E-state index is -0.807. The number of aliphatic imine (C=N–C) groups is 1. The molecule has 1 fully saturated rings. The summed E-state index contributed by atoms with van der Waals surface area (Å²) in [4.78, 5) is 25.9. The Kier molecular flexibility index (Phi) is 10.7. The number of benzene rings is 3. The average Bonchev–Trinajstić information content (AvgIpc) is 3.42. The smallest absolute Gasteiger partial charge is 0.326 e. The fourth-order valence-corrected chi connectivity index (χ4v) is 6.52. The summed E-state index contributed by atoms with van der Waals surface area (Å²) in [6.45, 7) is 5.85. The number of amides is 2. The number of halogens is 2. The van der Waals surface area contributed by atoms with Crippen LogP contribution >= 0.6 is 23.2 Å². The van der Waals surface area contributed by atoms with E-state index >= 15 is 0 Å². The largest absolute Gasteiger partial charge is 0.493 e. The Balaban J connectivity index is 1.56. The third-order valence-corrected chi connectivity index (χ3v) is 9.30. The highest BCUT2D eigenvalue weighted by molar-refractivity contribution is 7.84. The molecule has 44 heavy (non-hydrogen) atoms. The Morgan fingerprint density at radius 1 is 1.00 bits per heavy atom. The molecule has 0 aliphatic carbocycles. The number of piperazine rings is 1. The van der Waals surface area contributed by atoms with Crippen molar-refractivity contribution in [3.63, 3.8) is 0 Å². The van der Waals surface area contributed by atoms with E-state index in [-0.39, 0.29) is 6.03 Å². The van der Waals surface area contributed by atoms with Crippen molar-refractivity contribution < 1.29 is 13.7 Å². The van der Waals surface area contributed by atoms with Crippen LogP contribution in [0.3, 0.4) is 0 Å². The van der Waals surface area contributed by atoms with E-state index in [2.05, 4.69) is 10.8 Å². The highest BCUT2D eigenvalue weighted by Crippen LogP contribution is 2.45. The first-order chi connectivity index (χ1) is 21.3. The van der Waals surface area contributed by atoms with Crippen LogP contribution in [-0.2, 0) is 10.8 Å². The van der Waals surface area contributed by atoms with Crippen molar-refractivity contribution in [3.8, 4) is 18.1 Å². The van der Waals surface area contributed by atoms with Crippen molar-refractivity contribution in [2.75, 3.05) is 51.3 Å². The van der Waals surface area contributed by atoms with Crippen LogP contribution in [0.1, 0.15) is 47.7 Å². The van der Waals surface area contributed by atoms with E-state index in [0.717, 1.165) is 37.2 Å². The summed E-state index contributed by atoms with van der Waals surface area (Å²) in [5.74, 6) is 4.46. The first-order valence-corrected chi connectivity index (χ1v) is 17.2. The molecule has 0 spiro atoms. The second-order valence-corrected chi connectivity index (χ2v) is 13.3. The van der Waals surface area contributed by atoms with E-state index in [1.807, 2.05) is 83.5 Å². The molecule has 2 aliphatic heterocycles. The molecule has 0 radical (unpaired) electrons. The van der Waals surface area contributed by atoms with E-state index in [1.165, 1.54) is 0 Å². The zero-order valence-corrected chi connectivity index (χ0v) is 27.2. The molecule has 1 saturated heterocycles. The van der Waals surface area contributed by atoms with Gasteiger partial charge >= 0.3 is 6.03 Å². The number of hydrogen-bond donors (Lipinski definition) is 0. The fourth-order valence-electron chi connectivity index (χ4n) is 5.73. The molecule has 2 amide bonds. The molecule has 3 aromatic carbocycles. The summed E-state index contributed by atoms with van der Waals surface area (Å²) in [6.07, 6.45) is 8.32. The number of terminal acetylenes is 1. The lowest BCUT2D eigenvalue weighted by atomic mass is 9.93. The highest BCUT2D eigenvalue weighted by Gasteiger charge is 2.45. The molecule has 3 atom stereocenters. The van der Waals surface area contributed by atoms with Crippen LogP contribution < -0.4 is 4.74 Å². The van der Waals surface area contributed by atoms with Gasteiger partial charge in [-0.1, -0.05) is 53.4 Å². The maximum Gasteiger partial charge on any atom is 0.326 e. The number of nitrogens with zero attached hydrogens (tertiary/aromatic N) is 4. The van der Waals surface area contributed by atoms with E-state index in [1.54, 1.807) is 6.26 Å². The van der Waals surface area contributed by atoms with Gasteiger partial charge < -0.3 is 9.64 Å². The van der Waals surface area contributed by atoms with Crippen molar-refractivity contribution in [2.45, 2.75) is 25.4 Å². The van der Waals surface area contributed by atoms with Gasteiger partial charge in [-0.25, -0.2) is 4.79 Å². The molecule has 0 saturated carbocycles. The predicted octanol–water partition coefficient (Wildman–Crippen LogP) is 6.42. The van der Waals surface area contributed by atoms with Crippen molar-refractivity contribution >= 4 is 45.9 Å². The van der Waals surface area contributed by atoms with Crippen LogP contribution in [0.5, 0.6) is 5.75 Å². The van der Waals surface area contributed by atoms with Crippen LogP contribution in [0, 0.1) is 12.3 Å². The lowest BCUT2D eigenvalue weighted by molar-refractivity contribution is 0.119. The molecule has 10 heteroatoms. The fraction of sp³-hybridized carbons (Fsp3) is 0.353. The SMILES string of the molecule is C#Cc1ccc(C2=N[C@@H](c3ccc(Cl)cc3)[C@@H](c3ccc(Cl)cc3)N2C(=O)N2CCN(CCCS(C)=O)CC2)c(OCC)c1. The Morgan fingerprint density at radius 2 is 1.64 bits per heavy atom. The molecule has 3 aromatic rings. The summed E-state index contributed by atoms with van der Waals surface area (Å²) in [6, 6.07) is 19.7. The normalized spacial score (nSPS) is 19.4. The van der Waals surface area contributed by atoms with Crippen LogP contribution in [0.15, 0.2) is 71.7 Å². The number of amidine groups is 1. The van der Waals surface area contributed by atoms with Gasteiger partial charge in [0, 0.05) is 64.6 Å². The third kappa shape index (κ3) is 7.30. The van der Waals surface area contributed by atoms with Crippen LogP contribution in [-0.4, -0.2) is 82.1 Å². The number of urea groups is 1. The molecule has 2 heterocycles. The second kappa shape index (κ2) is 14.6. The molecule has 7 nitrogen and oxygen atoms in total. The number of ether oxygens (including phenoxy) is 1. The Bertz CT molecular complexity index is 1560. The summed E-state index contributed by atoms with van der Waals surface area (Å²) in [5, 5.41) is 1.24. The molecular formula is C34H36Cl2N4O3S. The lowest BCUT2D eigenvalue weighted by Crippen LogP contribution is -2.54. The van der Waals surface area contributed by atoms with E-state index < -0.39 is 22.9 Å². The van der Waals surface area contributed by atoms with Crippen LogP contribution in [0.2, 0.25) is 10.0 Å². The molecule has 5 rings (SSSR count). The molecule has 0 N–H and O–H groups in total. The monoisotopic (exact) mass is 650 g/mol. The van der Waals surface area contributed by atoms with E-state index in [4.69, 9.17) is 39.4 Å². The van der Waals surface area contributed by atoms with Crippen molar-refractivity contribution in [1.29, 1.82) is 0 Å². The number of hydrogen-bond acceptors (Lipinski definition) is 5. The molecule has 1 unspecified atom stereocenters. The summed E-state index contributed by atoms with van der Waals surface area (Å²) in [5.41, 5.74) is 3.21. The van der Waals surface area contributed by atoms with Gasteiger partial charge in [0.2, 0.25) is 0 Å². The Morgan fingerprint density at radius 3 is 2.23 bits per heavy atom. The van der Waals surface area contributed by atoms with Crippen LogP contribution in [0.25, 0.3) is 0 Å². The van der Waals surface area contributed by atoms with Gasteiger partial charge in [0.25, 0.3) is 0 Å².